The third-order valence-electron chi connectivity index (χ3n) is 3.61. The van der Waals surface area contributed by atoms with Gasteiger partial charge in [0.2, 0.25) is 0 Å². The Balaban J connectivity index is 1.58. The summed E-state index contributed by atoms with van der Waals surface area (Å²) in [5.41, 5.74) is 3.61. The molecule has 1 aliphatic rings. The average Bonchev–Trinajstić information content (AvgIpc) is 3.05. The minimum Gasteiger partial charge on any atom is -0.361 e. The Bertz CT molecular complexity index is 614. The number of amides is 1. The second kappa shape index (κ2) is 5.48. The third-order valence-corrected chi connectivity index (χ3v) is 3.61. The number of carbonyl (C=O) groups is 1. The summed E-state index contributed by atoms with van der Waals surface area (Å²) in [4.78, 5) is 12.1. The number of carbonyl (C=O) groups excluding carboxylic acids is 1. The highest BCUT2D eigenvalue weighted by molar-refractivity contribution is 5.94. The number of hydrogen-bond donors (Lipinski definition) is 2. The summed E-state index contributed by atoms with van der Waals surface area (Å²) in [5.74, 6) is 0.678. The number of nitrogens with one attached hydrogen (secondary N) is 2. The first-order chi connectivity index (χ1) is 9.74. The average molecular weight is 274 g/mol. The van der Waals surface area contributed by atoms with E-state index in [4.69, 9.17) is 4.52 Å². The van der Waals surface area contributed by atoms with Gasteiger partial charge < -0.3 is 9.84 Å². The van der Waals surface area contributed by atoms with E-state index < -0.39 is 0 Å². The van der Waals surface area contributed by atoms with Crippen molar-refractivity contribution in [1.82, 2.24) is 20.7 Å². The lowest BCUT2D eigenvalue weighted by molar-refractivity contribution is 0.0948. The van der Waals surface area contributed by atoms with Crippen molar-refractivity contribution in [2.24, 2.45) is 0 Å². The molecule has 2 aromatic rings. The molecule has 2 N–H and O–H groups in total. The zero-order valence-corrected chi connectivity index (χ0v) is 11.5. The van der Waals surface area contributed by atoms with E-state index in [-0.39, 0.29) is 5.91 Å². The highest BCUT2D eigenvalue weighted by atomic mass is 16.5. The SMILES string of the molecule is Cc1cc(CCNC(=O)c2n[nH]c3c2CCCC3)no1. The zero-order valence-electron chi connectivity index (χ0n) is 11.5. The van der Waals surface area contributed by atoms with E-state index in [0.717, 1.165) is 42.0 Å². The smallest absolute Gasteiger partial charge is 0.272 e. The second-order valence-corrected chi connectivity index (χ2v) is 5.17. The molecule has 1 aliphatic carbocycles. The minimum atomic E-state index is -0.107. The molecule has 0 aromatic carbocycles. The van der Waals surface area contributed by atoms with Crippen LogP contribution in [0.5, 0.6) is 0 Å². The largest absolute Gasteiger partial charge is 0.361 e. The first-order valence-electron chi connectivity index (χ1n) is 7.00. The maximum atomic E-state index is 12.1. The zero-order chi connectivity index (χ0) is 13.9. The number of aromatic nitrogens is 3. The molecule has 0 aliphatic heterocycles. The molecule has 0 fully saturated rings. The fraction of sp³-hybridized carbons (Fsp3) is 0.500. The van der Waals surface area contributed by atoms with E-state index in [9.17, 15) is 4.79 Å². The van der Waals surface area contributed by atoms with Crippen molar-refractivity contribution in [2.75, 3.05) is 6.54 Å². The van der Waals surface area contributed by atoms with Crippen LogP contribution in [0.2, 0.25) is 0 Å². The summed E-state index contributed by atoms with van der Waals surface area (Å²) in [6.07, 6.45) is 4.90. The van der Waals surface area contributed by atoms with Gasteiger partial charge in [0.05, 0.1) is 5.69 Å². The summed E-state index contributed by atoms with van der Waals surface area (Å²) in [7, 11) is 0. The molecule has 3 rings (SSSR count). The Labute approximate surface area is 116 Å². The van der Waals surface area contributed by atoms with Gasteiger partial charge in [-0.3, -0.25) is 9.89 Å². The van der Waals surface area contributed by atoms with Crippen molar-refractivity contribution in [3.63, 3.8) is 0 Å². The molecule has 0 unspecified atom stereocenters. The molecule has 0 saturated heterocycles. The van der Waals surface area contributed by atoms with Crippen molar-refractivity contribution in [3.8, 4) is 0 Å². The number of hydrogen-bond acceptors (Lipinski definition) is 4. The van der Waals surface area contributed by atoms with Crippen LogP contribution in [0, 0.1) is 6.92 Å². The van der Waals surface area contributed by atoms with Gasteiger partial charge in [-0.05, 0) is 32.6 Å². The van der Waals surface area contributed by atoms with Crippen LogP contribution in [-0.4, -0.2) is 27.8 Å². The lowest BCUT2D eigenvalue weighted by Gasteiger charge is -2.10. The van der Waals surface area contributed by atoms with Gasteiger partial charge >= 0.3 is 0 Å². The quantitative estimate of drug-likeness (QED) is 0.886. The Hall–Kier alpha value is -2.11. The lowest BCUT2D eigenvalue weighted by Crippen LogP contribution is -2.27. The number of fused-ring (bicyclic) bond motifs is 1. The molecule has 106 valence electrons. The number of aryl methyl sites for hydroxylation is 2. The van der Waals surface area contributed by atoms with Crippen molar-refractivity contribution in [3.05, 3.63) is 34.5 Å². The van der Waals surface area contributed by atoms with E-state index in [1.807, 2.05) is 13.0 Å². The van der Waals surface area contributed by atoms with Gasteiger partial charge in [0, 0.05) is 30.3 Å². The molecule has 6 nitrogen and oxygen atoms in total. The lowest BCUT2D eigenvalue weighted by atomic mass is 9.96. The van der Waals surface area contributed by atoms with Crippen LogP contribution >= 0.6 is 0 Å². The van der Waals surface area contributed by atoms with Crippen molar-refractivity contribution >= 4 is 5.91 Å². The highest BCUT2D eigenvalue weighted by Crippen LogP contribution is 2.21. The van der Waals surface area contributed by atoms with Crippen molar-refractivity contribution in [1.29, 1.82) is 0 Å². The standard InChI is InChI=1S/C14H18N4O2/c1-9-8-10(18-20-9)6-7-15-14(19)13-11-4-2-3-5-12(11)16-17-13/h8H,2-7H2,1H3,(H,15,19)(H,16,17). The molecule has 0 radical (unpaired) electrons. The molecule has 1 amide bonds. The summed E-state index contributed by atoms with van der Waals surface area (Å²) in [6, 6.07) is 1.88. The van der Waals surface area contributed by atoms with Crippen LogP contribution in [0.3, 0.4) is 0 Å². The van der Waals surface area contributed by atoms with Gasteiger partial charge in [0.15, 0.2) is 5.69 Å². The molecular formula is C14H18N4O2. The molecule has 0 atom stereocenters. The van der Waals surface area contributed by atoms with E-state index in [1.165, 1.54) is 6.42 Å². The van der Waals surface area contributed by atoms with E-state index in [1.54, 1.807) is 0 Å². The highest BCUT2D eigenvalue weighted by Gasteiger charge is 2.21. The van der Waals surface area contributed by atoms with Crippen molar-refractivity contribution in [2.45, 2.75) is 39.0 Å². The maximum Gasteiger partial charge on any atom is 0.272 e. The van der Waals surface area contributed by atoms with E-state index in [2.05, 4.69) is 20.7 Å². The summed E-state index contributed by atoms with van der Waals surface area (Å²) in [5, 5.41) is 13.9. The normalized spacial score (nSPS) is 14.1. The fourth-order valence-electron chi connectivity index (χ4n) is 2.59. The first-order valence-corrected chi connectivity index (χ1v) is 7.00. The number of rotatable bonds is 4. The summed E-state index contributed by atoms with van der Waals surface area (Å²) >= 11 is 0. The third kappa shape index (κ3) is 2.59. The molecule has 6 heteroatoms. The monoisotopic (exact) mass is 274 g/mol. The molecule has 20 heavy (non-hydrogen) atoms. The van der Waals surface area contributed by atoms with Crippen LogP contribution in [-0.2, 0) is 19.3 Å². The van der Waals surface area contributed by atoms with Gasteiger partial charge in [-0.25, -0.2) is 0 Å². The van der Waals surface area contributed by atoms with Gasteiger partial charge in [-0.15, -0.1) is 0 Å². The van der Waals surface area contributed by atoms with Crippen LogP contribution < -0.4 is 5.32 Å². The summed E-state index contributed by atoms with van der Waals surface area (Å²) < 4.78 is 4.99. The van der Waals surface area contributed by atoms with Gasteiger partial charge in [-0.1, -0.05) is 5.16 Å². The van der Waals surface area contributed by atoms with Gasteiger partial charge in [0.25, 0.3) is 5.91 Å². The second-order valence-electron chi connectivity index (χ2n) is 5.17. The molecule has 0 saturated carbocycles. The molecular weight excluding hydrogens is 256 g/mol. The topological polar surface area (TPSA) is 83.8 Å². The van der Waals surface area contributed by atoms with E-state index >= 15 is 0 Å². The maximum absolute atomic E-state index is 12.1. The Morgan fingerprint density at radius 1 is 1.45 bits per heavy atom. The van der Waals surface area contributed by atoms with E-state index in [0.29, 0.717) is 18.7 Å². The molecule has 2 aromatic heterocycles. The predicted octanol–water partition coefficient (Wildman–Crippen LogP) is 1.56. The molecule has 2 heterocycles. The first kappa shape index (κ1) is 12.9. The van der Waals surface area contributed by atoms with Crippen molar-refractivity contribution < 1.29 is 9.32 Å². The molecule has 0 spiro atoms. The number of H-pyrrole nitrogens is 1. The predicted molar refractivity (Wildman–Crippen MR) is 72.5 cm³/mol. The van der Waals surface area contributed by atoms with Gasteiger partial charge in [0.1, 0.15) is 5.76 Å². The van der Waals surface area contributed by atoms with Crippen LogP contribution in [0.15, 0.2) is 10.6 Å². The molecule has 0 bridgehead atoms. The van der Waals surface area contributed by atoms with Crippen LogP contribution in [0.25, 0.3) is 0 Å². The number of aromatic amines is 1. The van der Waals surface area contributed by atoms with Gasteiger partial charge in [-0.2, -0.15) is 5.10 Å². The Kier molecular flexibility index (Phi) is 3.54. The minimum absolute atomic E-state index is 0.107. The Morgan fingerprint density at radius 3 is 3.10 bits per heavy atom. The van der Waals surface area contributed by atoms with Crippen LogP contribution in [0.1, 0.15) is 46.0 Å². The Morgan fingerprint density at radius 2 is 2.30 bits per heavy atom. The van der Waals surface area contributed by atoms with Crippen LogP contribution in [0.4, 0.5) is 0 Å². The number of nitrogens with zero attached hydrogens (tertiary/aromatic N) is 2. The summed E-state index contributed by atoms with van der Waals surface area (Å²) in [6.45, 7) is 2.39. The fourth-order valence-corrected chi connectivity index (χ4v) is 2.59.